The van der Waals surface area contributed by atoms with Gasteiger partial charge in [0.2, 0.25) is 0 Å². The van der Waals surface area contributed by atoms with Crippen molar-refractivity contribution in [2.75, 3.05) is 20.1 Å². The van der Waals surface area contributed by atoms with Crippen molar-refractivity contribution in [1.82, 2.24) is 10.2 Å². The second-order valence-electron chi connectivity index (χ2n) is 6.55. The molecule has 2 fully saturated rings. The highest BCUT2D eigenvalue weighted by atomic mass is 15.2. The van der Waals surface area contributed by atoms with Crippen LogP contribution < -0.4 is 5.32 Å². The third kappa shape index (κ3) is 3.45. The first-order valence-corrected chi connectivity index (χ1v) is 7.55. The molecule has 0 radical (unpaired) electrons. The molecule has 100 valence electrons. The average molecular weight is 238 g/mol. The zero-order chi connectivity index (χ0) is 12.4. The highest BCUT2D eigenvalue weighted by Gasteiger charge is 2.36. The van der Waals surface area contributed by atoms with Gasteiger partial charge < -0.3 is 10.2 Å². The SMILES string of the molecule is CCNC1CC(C)CC(C)C1CN(C)C1CC1. The molecule has 2 saturated carbocycles. The Hall–Kier alpha value is -0.0800. The maximum absolute atomic E-state index is 3.73. The number of nitrogens with one attached hydrogen (secondary N) is 1. The lowest BCUT2D eigenvalue weighted by Crippen LogP contribution is -2.48. The van der Waals surface area contributed by atoms with Crippen molar-refractivity contribution >= 4 is 0 Å². The fourth-order valence-electron chi connectivity index (χ4n) is 3.71. The van der Waals surface area contributed by atoms with E-state index in [1.165, 1.54) is 32.2 Å². The first-order chi connectivity index (χ1) is 8.11. The molecule has 0 aromatic rings. The van der Waals surface area contributed by atoms with Crippen LogP contribution in [0.3, 0.4) is 0 Å². The van der Waals surface area contributed by atoms with Gasteiger partial charge in [-0.2, -0.15) is 0 Å². The van der Waals surface area contributed by atoms with Crippen molar-refractivity contribution in [3.05, 3.63) is 0 Å². The molecule has 0 aliphatic heterocycles. The summed E-state index contributed by atoms with van der Waals surface area (Å²) in [6.45, 7) is 9.54. The summed E-state index contributed by atoms with van der Waals surface area (Å²) >= 11 is 0. The zero-order valence-electron chi connectivity index (χ0n) is 12.1. The van der Waals surface area contributed by atoms with E-state index in [2.05, 4.69) is 38.0 Å². The lowest BCUT2D eigenvalue weighted by atomic mass is 9.72. The fraction of sp³-hybridized carbons (Fsp3) is 1.00. The third-order valence-corrected chi connectivity index (χ3v) is 4.81. The maximum atomic E-state index is 3.73. The number of nitrogens with zero attached hydrogens (tertiary/aromatic N) is 1. The van der Waals surface area contributed by atoms with E-state index in [1.54, 1.807) is 0 Å². The molecule has 17 heavy (non-hydrogen) atoms. The molecular weight excluding hydrogens is 208 g/mol. The van der Waals surface area contributed by atoms with Gasteiger partial charge in [0.25, 0.3) is 0 Å². The van der Waals surface area contributed by atoms with E-state index in [-0.39, 0.29) is 0 Å². The average Bonchev–Trinajstić information content (AvgIpc) is 3.06. The molecule has 0 heterocycles. The quantitative estimate of drug-likeness (QED) is 0.792. The van der Waals surface area contributed by atoms with Crippen molar-refractivity contribution < 1.29 is 0 Å². The monoisotopic (exact) mass is 238 g/mol. The van der Waals surface area contributed by atoms with Crippen molar-refractivity contribution in [3.63, 3.8) is 0 Å². The van der Waals surface area contributed by atoms with Crippen LogP contribution in [0.5, 0.6) is 0 Å². The molecule has 0 saturated heterocycles. The summed E-state index contributed by atoms with van der Waals surface area (Å²) in [4.78, 5) is 2.61. The van der Waals surface area contributed by atoms with Crippen LogP contribution in [0.15, 0.2) is 0 Å². The predicted octanol–water partition coefficient (Wildman–Crippen LogP) is 2.74. The van der Waals surface area contributed by atoms with E-state index < -0.39 is 0 Å². The molecule has 0 amide bonds. The van der Waals surface area contributed by atoms with Crippen LogP contribution >= 0.6 is 0 Å². The van der Waals surface area contributed by atoms with Crippen LogP contribution in [0, 0.1) is 17.8 Å². The number of rotatable bonds is 5. The van der Waals surface area contributed by atoms with E-state index in [4.69, 9.17) is 0 Å². The Balaban J connectivity index is 1.93. The summed E-state index contributed by atoms with van der Waals surface area (Å²) in [5.74, 6) is 2.64. The highest BCUT2D eigenvalue weighted by Crippen LogP contribution is 2.36. The molecule has 1 N–H and O–H groups in total. The fourth-order valence-corrected chi connectivity index (χ4v) is 3.71. The van der Waals surface area contributed by atoms with Crippen LogP contribution in [0.2, 0.25) is 0 Å². The molecule has 2 aliphatic carbocycles. The first-order valence-electron chi connectivity index (χ1n) is 7.55. The molecule has 4 unspecified atom stereocenters. The predicted molar refractivity (Wildman–Crippen MR) is 74.2 cm³/mol. The molecule has 2 heteroatoms. The Bertz CT molecular complexity index is 237. The van der Waals surface area contributed by atoms with Crippen molar-refractivity contribution in [3.8, 4) is 0 Å². The molecule has 0 aromatic heterocycles. The lowest BCUT2D eigenvalue weighted by Gasteiger charge is -2.42. The minimum Gasteiger partial charge on any atom is -0.314 e. The van der Waals surface area contributed by atoms with Gasteiger partial charge in [-0.3, -0.25) is 0 Å². The van der Waals surface area contributed by atoms with Gasteiger partial charge in [-0.05, 0) is 57.0 Å². The van der Waals surface area contributed by atoms with Gasteiger partial charge >= 0.3 is 0 Å². The summed E-state index contributed by atoms with van der Waals surface area (Å²) in [5, 5.41) is 3.73. The van der Waals surface area contributed by atoms with Gasteiger partial charge in [0, 0.05) is 18.6 Å². The molecule has 0 bridgehead atoms. The Morgan fingerprint density at radius 1 is 1.18 bits per heavy atom. The van der Waals surface area contributed by atoms with Crippen LogP contribution in [-0.2, 0) is 0 Å². The minimum atomic E-state index is 0.750. The summed E-state index contributed by atoms with van der Waals surface area (Å²) in [5.41, 5.74) is 0. The van der Waals surface area contributed by atoms with Crippen LogP contribution in [-0.4, -0.2) is 37.1 Å². The Kier molecular flexibility index (Phi) is 4.48. The van der Waals surface area contributed by atoms with E-state index in [9.17, 15) is 0 Å². The van der Waals surface area contributed by atoms with E-state index in [1.807, 2.05) is 0 Å². The van der Waals surface area contributed by atoms with Crippen LogP contribution in [0.25, 0.3) is 0 Å². The van der Waals surface area contributed by atoms with Gasteiger partial charge in [-0.15, -0.1) is 0 Å². The van der Waals surface area contributed by atoms with Crippen molar-refractivity contribution in [2.45, 2.75) is 58.5 Å². The summed E-state index contributed by atoms with van der Waals surface area (Å²) in [6.07, 6.45) is 5.66. The van der Waals surface area contributed by atoms with Crippen molar-refractivity contribution in [1.29, 1.82) is 0 Å². The van der Waals surface area contributed by atoms with Gasteiger partial charge in [0.05, 0.1) is 0 Å². The van der Waals surface area contributed by atoms with Gasteiger partial charge in [-0.25, -0.2) is 0 Å². The van der Waals surface area contributed by atoms with Gasteiger partial charge in [-0.1, -0.05) is 20.8 Å². The van der Waals surface area contributed by atoms with Gasteiger partial charge in [0.1, 0.15) is 0 Å². The second kappa shape index (κ2) is 5.71. The molecule has 0 aromatic carbocycles. The minimum absolute atomic E-state index is 0.750. The summed E-state index contributed by atoms with van der Waals surface area (Å²) in [6, 6.07) is 1.66. The standard InChI is InChI=1S/C15H30N2/c1-5-16-15-9-11(2)8-12(3)14(15)10-17(4)13-6-7-13/h11-16H,5-10H2,1-4H3. The van der Waals surface area contributed by atoms with E-state index in [0.717, 1.165) is 36.4 Å². The molecule has 4 atom stereocenters. The molecule has 0 spiro atoms. The zero-order valence-corrected chi connectivity index (χ0v) is 12.1. The summed E-state index contributed by atoms with van der Waals surface area (Å²) in [7, 11) is 2.32. The summed E-state index contributed by atoms with van der Waals surface area (Å²) < 4.78 is 0. The molecule has 2 aliphatic rings. The maximum Gasteiger partial charge on any atom is 0.0112 e. The van der Waals surface area contributed by atoms with Crippen molar-refractivity contribution in [2.24, 2.45) is 17.8 Å². The second-order valence-corrected chi connectivity index (χ2v) is 6.55. The highest BCUT2D eigenvalue weighted by molar-refractivity contribution is 4.91. The van der Waals surface area contributed by atoms with E-state index >= 15 is 0 Å². The molecule has 2 nitrogen and oxygen atoms in total. The van der Waals surface area contributed by atoms with E-state index in [0.29, 0.717) is 0 Å². The normalized spacial score (nSPS) is 38.6. The van der Waals surface area contributed by atoms with Crippen LogP contribution in [0.4, 0.5) is 0 Å². The number of hydrogen-bond acceptors (Lipinski definition) is 2. The Morgan fingerprint density at radius 3 is 2.47 bits per heavy atom. The topological polar surface area (TPSA) is 15.3 Å². The smallest absolute Gasteiger partial charge is 0.0112 e. The first kappa shape index (κ1) is 13.4. The Labute approximate surface area is 107 Å². The Morgan fingerprint density at radius 2 is 1.88 bits per heavy atom. The van der Waals surface area contributed by atoms with Gasteiger partial charge in [0.15, 0.2) is 0 Å². The number of hydrogen-bond donors (Lipinski definition) is 1. The molecule has 2 rings (SSSR count). The molecular formula is C15H30N2. The lowest BCUT2D eigenvalue weighted by molar-refractivity contribution is 0.109. The largest absolute Gasteiger partial charge is 0.314 e. The van der Waals surface area contributed by atoms with Crippen LogP contribution in [0.1, 0.15) is 46.5 Å². The third-order valence-electron chi connectivity index (χ3n) is 4.81.